The van der Waals surface area contributed by atoms with Gasteiger partial charge in [0.1, 0.15) is 0 Å². The number of hydrogen-bond donors (Lipinski definition) is 0. The number of nitrogens with zero attached hydrogens (tertiary/aromatic N) is 1. The van der Waals surface area contributed by atoms with Gasteiger partial charge in [-0.3, -0.25) is 4.57 Å². The predicted octanol–water partition coefficient (Wildman–Crippen LogP) is 4.15. The molecule has 130 valence electrons. The van der Waals surface area contributed by atoms with E-state index >= 15 is 0 Å². The summed E-state index contributed by atoms with van der Waals surface area (Å²) in [6.07, 6.45) is 0. The van der Waals surface area contributed by atoms with E-state index in [0.717, 1.165) is 11.3 Å². The van der Waals surface area contributed by atoms with Crippen LogP contribution in [0.2, 0.25) is 0 Å². The third-order valence-electron chi connectivity index (χ3n) is 4.29. The van der Waals surface area contributed by atoms with Gasteiger partial charge in [-0.05, 0) is 55.0 Å². The Morgan fingerprint density at radius 2 is 1.42 bits per heavy atom. The Balaban J connectivity index is 1.82. The molecule has 4 rings (SSSR count). The van der Waals surface area contributed by atoms with E-state index in [9.17, 15) is 4.57 Å². The van der Waals surface area contributed by atoms with Crippen molar-refractivity contribution >= 4 is 23.6 Å². The molecular formula is C21H18NO3P. The third kappa shape index (κ3) is 3.04. The van der Waals surface area contributed by atoms with E-state index in [0.29, 0.717) is 22.1 Å². The van der Waals surface area contributed by atoms with Gasteiger partial charge in [0.05, 0.1) is 0 Å². The normalized spacial score (nSPS) is 13.7. The molecule has 0 saturated carbocycles. The van der Waals surface area contributed by atoms with Gasteiger partial charge in [0.25, 0.3) is 0 Å². The fourth-order valence-corrected chi connectivity index (χ4v) is 5.13. The van der Waals surface area contributed by atoms with Gasteiger partial charge in [-0.15, -0.1) is 0 Å². The highest BCUT2D eigenvalue weighted by Gasteiger charge is 2.27. The van der Waals surface area contributed by atoms with E-state index in [4.69, 9.17) is 14.2 Å². The zero-order chi connectivity index (χ0) is 18.0. The van der Waals surface area contributed by atoms with Gasteiger partial charge in [-0.1, -0.05) is 36.4 Å². The van der Waals surface area contributed by atoms with Crippen LogP contribution in [0.4, 0.5) is 0 Å². The second kappa shape index (κ2) is 6.81. The minimum atomic E-state index is -3.15. The second-order valence-corrected chi connectivity index (χ2v) is 8.39. The van der Waals surface area contributed by atoms with E-state index in [1.165, 1.54) is 0 Å². The van der Waals surface area contributed by atoms with Crippen LogP contribution in [0, 0.1) is 0 Å². The molecule has 0 bridgehead atoms. The molecule has 3 aromatic carbocycles. The Bertz CT molecular complexity index is 957. The molecule has 0 spiro atoms. The van der Waals surface area contributed by atoms with Crippen molar-refractivity contribution in [3.8, 4) is 11.5 Å². The summed E-state index contributed by atoms with van der Waals surface area (Å²) in [7, 11) is -3.15. The molecule has 0 fully saturated rings. The van der Waals surface area contributed by atoms with Crippen LogP contribution in [0.3, 0.4) is 0 Å². The maximum atomic E-state index is 14.0. The maximum Gasteiger partial charge on any atom is 0.247 e. The van der Waals surface area contributed by atoms with E-state index in [1.54, 1.807) is 0 Å². The summed E-state index contributed by atoms with van der Waals surface area (Å²) in [6.45, 7) is 2.09. The minimum absolute atomic E-state index is 0.224. The van der Waals surface area contributed by atoms with Crippen LogP contribution >= 0.6 is 7.29 Å². The van der Waals surface area contributed by atoms with Gasteiger partial charge >= 0.3 is 0 Å². The van der Waals surface area contributed by atoms with Gasteiger partial charge in [-0.2, -0.15) is 0 Å². The third-order valence-corrected chi connectivity index (χ3v) is 6.87. The fourth-order valence-electron chi connectivity index (χ4n) is 2.92. The first-order valence-corrected chi connectivity index (χ1v) is 10.0. The van der Waals surface area contributed by atoms with Crippen molar-refractivity contribution in [2.24, 2.45) is 4.76 Å². The first-order chi connectivity index (χ1) is 12.7. The van der Waals surface area contributed by atoms with Crippen molar-refractivity contribution < 1.29 is 14.0 Å². The average molecular weight is 363 g/mol. The molecule has 4 nitrogen and oxygen atoms in total. The summed E-state index contributed by atoms with van der Waals surface area (Å²) < 4.78 is 29.5. The van der Waals surface area contributed by atoms with Crippen molar-refractivity contribution in [1.29, 1.82) is 0 Å². The van der Waals surface area contributed by atoms with Crippen molar-refractivity contribution in [3.63, 3.8) is 0 Å². The highest BCUT2D eigenvalue weighted by molar-refractivity contribution is 7.77. The van der Waals surface area contributed by atoms with Gasteiger partial charge in [0.2, 0.25) is 14.1 Å². The lowest BCUT2D eigenvalue weighted by Crippen LogP contribution is -2.15. The molecule has 0 saturated heterocycles. The molecule has 5 heteroatoms. The van der Waals surface area contributed by atoms with Crippen LogP contribution in [0.5, 0.6) is 11.5 Å². The molecule has 1 heterocycles. The van der Waals surface area contributed by atoms with Crippen LogP contribution in [0.15, 0.2) is 83.6 Å². The first kappa shape index (κ1) is 16.6. The van der Waals surface area contributed by atoms with E-state index in [1.807, 2.05) is 85.8 Å². The average Bonchev–Trinajstić information content (AvgIpc) is 3.17. The standard InChI is InChI=1S/C21H18NO3P/c1-16(17-12-13-20-21(14-17)25-15-24-20)22-26(23,18-8-4-2-5-9-18)19-10-6-3-7-11-19/h2-14H,15H2,1H3/b22-16+. The van der Waals surface area contributed by atoms with Crippen LogP contribution in [-0.2, 0) is 4.57 Å². The molecule has 3 aromatic rings. The molecule has 0 N–H and O–H groups in total. The fraction of sp³-hybridized carbons (Fsp3) is 0.0952. The van der Waals surface area contributed by atoms with Crippen molar-refractivity contribution in [1.82, 2.24) is 0 Å². The Labute approximate surface area is 152 Å². The molecule has 1 aliphatic heterocycles. The molecule has 0 atom stereocenters. The largest absolute Gasteiger partial charge is 0.454 e. The summed E-state index contributed by atoms with van der Waals surface area (Å²) >= 11 is 0. The SMILES string of the molecule is C/C(=N\P(=O)(c1ccccc1)c1ccccc1)c1ccc2c(c1)OCO2. The number of fused-ring (bicyclic) bond motifs is 1. The molecular weight excluding hydrogens is 345 g/mol. The lowest BCUT2D eigenvalue weighted by Gasteiger charge is -2.16. The molecule has 0 amide bonds. The smallest absolute Gasteiger partial charge is 0.247 e. The maximum absolute atomic E-state index is 14.0. The van der Waals surface area contributed by atoms with Crippen LogP contribution in [-0.4, -0.2) is 12.5 Å². The zero-order valence-corrected chi connectivity index (χ0v) is 15.2. The number of rotatable bonds is 4. The Hall–Kier alpha value is -2.84. The quantitative estimate of drug-likeness (QED) is 0.517. The lowest BCUT2D eigenvalue weighted by atomic mass is 10.1. The second-order valence-electron chi connectivity index (χ2n) is 6.00. The summed E-state index contributed by atoms with van der Waals surface area (Å²) in [5.41, 5.74) is 1.56. The van der Waals surface area contributed by atoms with Gasteiger partial charge < -0.3 is 9.47 Å². The van der Waals surface area contributed by atoms with Crippen molar-refractivity contribution in [2.45, 2.75) is 6.92 Å². The Kier molecular flexibility index (Phi) is 4.36. The van der Waals surface area contributed by atoms with E-state index in [-0.39, 0.29) is 6.79 Å². The number of hydrogen-bond acceptors (Lipinski definition) is 3. The summed E-state index contributed by atoms with van der Waals surface area (Å²) in [6, 6.07) is 24.5. The van der Waals surface area contributed by atoms with Crippen LogP contribution < -0.4 is 20.1 Å². The van der Waals surface area contributed by atoms with E-state index < -0.39 is 7.29 Å². The number of benzene rings is 3. The molecule has 0 aliphatic carbocycles. The summed E-state index contributed by atoms with van der Waals surface area (Å²) in [5.74, 6) is 1.40. The first-order valence-electron chi connectivity index (χ1n) is 8.35. The monoisotopic (exact) mass is 363 g/mol. The zero-order valence-electron chi connectivity index (χ0n) is 14.3. The van der Waals surface area contributed by atoms with E-state index in [2.05, 4.69) is 0 Å². The predicted molar refractivity (Wildman–Crippen MR) is 105 cm³/mol. The summed E-state index contributed by atoms with van der Waals surface area (Å²) in [5, 5.41) is 1.43. The van der Waals surface area contributed by atoms with Crippen LogP contribution in [0.25, 0.3) is 0 Å². The van der Waals surface area contributed by atoms with Crippen molar-refractivity contribution in [2.75, 3.05) is 6.79 Å². The Morgan fingerprint density at radius 1 is 0.846 bits per heavy atom. The molecule has 0 aromatic heterocycles. The molecule has 1 aliphatic rings. The van der Waals surface area contributed by atoms with Gasteiger partial charge in [-0.25, -0.2) is 4.76 Å². The van der Waals surface area contributed by atoms with Crippen LogP contribution in [0.1, 0.15) is 12.5 Å². The van der Waals surface area contributed by atoms with Crippen molar-refractivity contribution in [3.05, 3.63) is 84.4 Å². The highest BCUT2D eigenvalue weighted by Crippen LogP contribution is 2.45. The molecule has 0 unspecified atom stereocenters. The minimum Gasteiger partial charge on any atom is -0.454 e. The van der Waals surface area contributed by atoms with Gasteiger partial charge in [0.15, 0.2) is 11.5 Å². The topological polar surface area (TPSA) is 47.9 Å². The highest BCUT2D eigenvalue weighted by atomic mass is 31.2. The van der Waals surface area contributed by atoms with Gasteiger partial charge in [0, 0.05) is 16.3 Å². The summed E-state index contributed by atoms with van der Waals surface area (Å²) in [4.78, 5) is 0. The molecule has 26 heavy (non-hydrogen) atoms. The molecule has 0 radical (unpaired) electrons. The Morgan fingerprint density at radius 3 is 2.04 bits per heavy atom. The number of ether oxygens (including phenoxy) is 2. The lowest BCUT2D eigenvalue weighted by molar-refractivity contribution is 0.174.